The topological polar surface area (TPSA) is 103 Å². The van der Waals surface area contributed by atoms with E-state index in [1.807, 2.05) is 36.4 Å². The number of amides is 1. The molecule has 2 heterocycles. The number of carbonyl (C=O) groups is 1. The SMILES string of the molecule is COc1ccc(-c2nnn(C)n2)cc1COCC1(c2ccccc2)CCN(C(=O)O)CC1. The summed E-state index contributed by atoms with van der Waals surface area (Å²) < 4.78 is 11.8. The third-order valence-corrected chi connectivity index (χ3v) is 6.06. The normalized spacial score (nSPS) is 15.5. The zero-order chi connectivity index (χ0) is 22.6. The van der Waals surface area contributed by atoms with E-state index in [0.29, 0.717) is 45.0 Å². The fraction of sp³-hybridized carbons (Fsp3) is 0.391. The van der Waals surface area contributed by atoms with Gasteiger partial charge in [-0.25, -0.2) is 4.79 Å². The van der Waals surface area contributed by atoms with Crippen LogP contribution in [-0.4, -0.2) is 63.1 Å². The third-order valence-electron chi connectivity index (χ3n) is 6.06. The number of methoxy groups -OCH3 is 1. The van der Waals surface area contributed by atoms with Crippen LogP contribution in [0.25, 0.3) is 11.4 Å². The summed E-state index contributed by atoms with van der Waals surface area (Å²) in [4.78, 5) is 14.3. The Hall–Kier alpha value is -3.46. The van der Waals surface area contributed by atoms with Gasteiger partial charge in [0, 0.05) is 29.6 Å². The molecule has 3 aromatic rings. The van der Waals surface area contributed by atoms with Gasteiger partial charge in [-0.05, 0) is 41.8 Å². The fourth-order valence-corrected chi connectivity index (χ4v) is 4.22. The van der Waals surface area contributed by atoms with Crippen molar-refractivity contribution >= 4 is 6.09 Å². The molecule has 2 aromatic carbocycles. The molecule has 1 saturated heterocycles. The lowest BCUT2D eigenvalue weighted by Crippen LogP contribution is -2.47. The highest BCUT2D eigenvalue weighted by molar-refractivity contribution is 5.65. The van der Waals surface area contributed by atoms with Crippen molar-refractivity contribution in [1.29, 1.82) is 0 Å². The molecule has 9 heteroatoms. The number of aromatic nitrogens is 4. The molecular formula is C23H27N5O4. The maximum atomic E-state index is 11.4. The molecule has 0 atom stereocenters. The summed E-state index contributed by atoms with van der Waals surface area (Å²) in [7, 11) is 3.36. The Morgan fingerprint density at radius 3 is 2.53 bits per heavy atom. The molecule has 9 nitrogen and oxygen atoms in total. The van der Waals surface area contributed by atoms with Crippen molar-refractivity contribution < 1.29 is 19.4 Å². The standard InChI is InChI=1S/C23H27N5O4/c1-27-25-21(24-26-27)17-8-9-20(31-2)18(14-17)15-32-16-23(19-6-4-3-5-7-19)10-12-28(13-11-23)22(29)30/h3-9,14H,10-13,15-16H2,1-2H3,(H,29,30). The van der Waals surface area contributed by atoms with Crippen molar-refractivity contribution in [3.05, 3.63) is 59.7 Å². The monoisotopic (exact) mass is 437 g/mol. The molecule has 0 radical (unpaired) electrons. The molecule has 0 spiro atoms. The van der Waals surface area contributed by atoms with Crippen molar-refractivity contribution in [3.63, 3.8) is 0 Å². The number of aryl methyl sites for hydroxylation is 1. The molecule has 0 aliphatic carbocycles. The first-order chi connectivity index (χ1) is 15.5. The van der Waals surface area contributed by atoms with Crippen LogP contribution in [0.5, 0.6) is 5.75 Å². The lowest BCUT2D eigenvalue weighted by molar-refractivity contribution is 0.0362. The average Bonchev–Trinajstić information content (AvgIpc) is 3.26. The Morgan fingerprint density at radius 2 is 1.91 bits per heavy atom. The summed E-state index contributed by atoms with van der Waals surface area (Å²) in [6.07, 6.45) is 0.556. The maximum absolute atomic E-state index is 11.4. The maximum Gasteiger partial charge on any atom is 0.407 e. The molecule has 1 aliphatic heterocycles. The summed E-state index contributed by atoms with van der Waals surface area (Å²) in [6, 6.07) is 15.9. The van der Waals surface area contributed by atoms with Crippen molar-refractivity contribution in [2.45, 2.75) is 24.9 Å². The molecule has 1 fully saturated rings. The molecule has 1 aliphatic rings. The summed E-state index contributed by atoms with van der Waals surface area (Å²) in [5, 5.41) is 21.6. The molecule has 4 rings (SSSR count). The van der Waals surface area contributed by atoms with Gasteiger partial charge < -0.3 is 19.5 Å². The lowest BCUT2D eigenvalue weighted by Gasteiger charge is -2.41. The minimum absolute atomic E-state index is 0.232. The van der Waals surface area contributed by atoms with Gasteiger partial charge in [-0.1, -0.05) is 30.3 Å². The van der Waals surface area contributed by atoms with Gasteiger partial charge in [0.2, 0.25) is 5.82 Å². The second-order valence-corrected chi connectivity index (χ2v) is 8.04. The van der Waals surface area contributed by atoms with Crippen LogP contribution in [0.15, 0.2) is 48.5 Å². The number of tetrazole rings is 1. The molecular weight excluding hydrogens is 410 g/mol. The van der Waals surface area contributed by atoms with Gasteiger partial charge in [0.05, 0.1) is 27.4 Å². The van der Waals surface area contributed by atoms with Crippen LogP contribution in [0.3, 0.4) is 0 Å². The van der Waals surface area contributed by atoms with Gasteiger partial charge >= 0.3 is 6.09 Å². The van der Waals surface area contributed by atoms with E-state index in [0.717, 1.165) is 16.9 Å². The first-order valence-corrected chi connectivity index (χ1v) is 10.5. The molecule has 0 unspecified atom stereocenters. The van der Waals surface area contributed by atoms with E-state index in [-0.39, 0.29) is 5.41 Å². The number of rotatable bonds is 7. The third kappa shape index (κ3) is 4.57. The van der Waals surface area contributed by atoms with Crippen LogP contribution in [0, 0.1) is 0 Å². The van der Waals surface area contributed by atoms with E-state index in [4.69, 9.17) is 9.47 Å². The second kappa shape index (κ2) is 9.35. The quantitative estimate of drug-likeness (QED) is 0.606. The highest BCUT2D eigenvalue weighted by atomic mass is 16.5. The number of piperidine rings is 1. The Labute approximate surface area is 186 Å². The number of carboxylic acid groups (broad SMARTS) is 1. The Kier molecular flexibility index (Phi) is 6.36. The van der Waals surface area contributed by atoms with Crippen LogP contribution in [0.1, 0.15) is 24.0 Å². The van der Waals surface area contributed by atoms with Crippen LogP contribution >= 0.6 is 0 Å². The minimum Gasteiger partial charge on any atom is -0.496 e. The highest BCUT2D eigenvalue weighted by Crippen LogP contribution is 2.36. The molecule has 32 heavy (non-hydrogen) atoms. The van der Waals surface area contributed by atoms with Crippen molar-refractivity contribution in [2.24, 2.45) is 7.05 Å². The van der Waals surface area contributed by atoms with Crippen molar-refractivity contribution in [2.75, 3.05) is 26.8 Å². The Morgan fingerprint density at radius 1 is 1.16 bits per heavy atom. The van der Waals surface area contributed by atoms with E-state index >= 15 is 0 Å². The predicted octanol–water partition coefficient (Wildman–Crippen LogP) is 3.11. The predicted molar refractivity (Wildman–Crippen MR) is 117 cm³/mol. The van der Waals surface area contributed by atoms with Crippen molar-refractivity contribution in [3.8, 4) is 17.1 Å². The van der Waals surface area contributed by atoms with E-state index in [2.05, 4.69) is 27.5 Å². The van der Waals surface area contributed by atoms with Gasteiger partial charge in [-0.2, -0.15) is 4.80 Å². The molecule has 0 saturated carbocycles. The second-order valence-electron chi connectivity index (χ2n) is 8.04. The molecule has 1 aromatic heterocycles. The highest BCUT2D eigenvalue weighted by Gasteiger charge is 2.37. The van der Waals surface area contributed by atoms with Crippen LogP contribution in [-0.2, 0) is 23.8 Å². The van der Waals surface area contributed by atoms with E-state index in [9.17, 15) is 9.90 Å². The summed E-state index contributed by atoms with van der Waals surface area (Å²) in [5.74, 6) is 1.27. The zero-order valence-corrected chi connectivity index (χ0v) is 18.3. The number of nitrogens with zero attached hydrogens (tertiary/aromatic N) is 5. The van der Waals surface area contributed by atoms with E-state index < -0.39 is 6.09 Å². The van der Waals surface area contributed by atoms with Gasteiger partial charge in [-0.15, -0.1) is 10.2 Å². The smallest absolute Gasteiger partial charge is 0.407 e. The Bertz CT molecular complexity index is 1060. The lowest BCUT2D eigenvalue weighted by atomic mass is 9.73. The van der Waals surface area contributed by atoms with Crippen LogP contribution < -0.4 is 4.74 Å². The number of benzene rings is 2. The Balaban J connectivity index is 1.51. The van der Waals surface area contributed by atoms with Gasteiger partial charge in [-0.3, -0.25) is 0 Å². The first kappa shape index (κ1) is 21.8. The van der Waals surface area contributed by atoms with Gasteiger partial charge in [0.1, 0.15) is 5.75 Å². The molecule has 168 valence electrons. The van der Waals surface area contributed by atoms with Crippen molar-refractivity contribution in [1.82, 2.24) is 25.1 Å². The van der Waals surface area contributed by atoms with Gasteiger partial charge in [0.15, 0.2) is 0 Å². The molecule has 0 bridgehead atoms. The minimum atomic E-state index is -0.869. The number of hydrogen-bond acceptors (Lipinski definition) is 6. The van der Waals surface area contributed by atoms with Crippen LogP contribution in [0.4, 0.5) is 4.79 Å². The summed E-state index contributed by atoms with van der Waals surface area (Å²) in [5.41, 5.74) is 2.67. The summed E-state index contributed by atoms with van der Waals surface area (Å²) in [6.45, 7) is 1.82. The summed E-state index contributed by atoms with van der Waals surface area (Å²) >= 11 is 0. The molecule has 1 N–H and O–H groups in total. The molecule has 1 amide bonds. The zero-order valence-electron chi connectivity index (χ0n) is 18.3. The largest absolute Gasteiger partial charge is 0.496 e. The number of likely N-dealkylation sites (tertiary alicyclic amines) is 1. The van der Waals surface area contributed by atoms with Gasteiger partial charge in [0.25, 0.3) is 0 Å². The number of ether oxygens (including phenoxy) is 2. The van der Waals surface area contributed by atoms with Crippen LogP contribution in [0.2, 0.25) is 0 Å². The van der Waals surface area contributed by atoms with E-state index in [1.165, 1.54) is 15.3 Å². The fourth-order valence-electron chi connectivity index (χ4n) is 4.22. The first-order valence-electron chi connectivity index (χ1n) is 10.5. The number of hydrogen-bond donors (Lipinski definition) is 1. The van der Waals surface area contributed by atoms with E-state index in [1.54, 1.807) is 14.2 Å². The average molecular weight is 438 g/mol.